The molecule has 0 aliphatic heterocycles. The van der Waals surface area contributed by atoms with Crippen LogP contribution in [-0.2, 0) is 13.0 Å². The van der Waals surface area contributed by atoms with Gasteiger partial charge in [0, 0.05) is 35.1 Å². The molecule has 2 aromatic carbocycles. The molecule has 0 aliphatic rings. The molecule has 29 heavy (non-hydrogen) atoms. The highest BCUT2D eigenvalue weighted by atomic mass is 16.5. The average molecular weight is 385 g/mol. The fourth-order valence-corrected chi connectivity index (χ4v) is 3.13. The van der Waals surface area contributed by atoms with E-state index in [0.717, 1.165) is 45.7 Å². The fraction of sp³-hybridized carbons (Fsp3) is 0.174. The van der Waals surface area contributed by atoms with Crippen molar-refractivity contribution in [1.29, 1.82) is 0 Å². The van der Waals surface area contributed by atoms with Crippen molar-refractivity contribution in [2.75, 3.05) is 17.6 Å². The summed E-state index contributed by atoms with van der Waals surface area (Å²) in [5, 5.41) is 4.32. The van der Waals surface area contributed by atoms with Gasteiger partial charge in [-0.05, 0) is 49.2 Å². The van der Waals surface area contributed by atoms with Crippen LogP contribution in [0.2, 0.25) is 0 Å². The number of anilines is 2. The monoisotopic (exact) mass is 385 g/mol. The van der Waals surface area contributed by atoms with Crippen molar-refractivity contribution in [2.45, 2.75) is 20.0 Å². The standard InChI is InChI=1S/C23H23N5O/c1-16-6-7-17(13-26-16)14-29-22-5-3-2-4-18(22)10-11-25-23-20-12-19(24)8-9-21(20)27-15-28-23/h2-9,12-13,15H,10-11,14,24H2,1H3,(H,25,27,28). The molecule has 0 amide bonds. The van der Waals surface area contributed by atoms with Gasteiger partial charge >= 0.3 is 0 Å². The molecule has 0 fully saturated rings. The Morgan fingerprint density at radius 3 is 2.76 bits per heavy atom. The van der Waals surface area contributed by atoms with E-state index in [1.54, 1.807) is 6.33 Å². The molecule has 4 rings (SSSR count). The average Bonchev–Trinajstić information content (AvgIpc) is 2.74. The number of hydrogen-bond acceptors (Lipinski definition) is 6. The van der Waals surface area contributed by atoms with Crippen LogP contribution in [0.3, 0.4) is 0 Å². The van der Waals surface area contributed by atoms with Crippen LogP contribution in [0.15, 0.2) is 67.1 Å². The molecule has 3 N–H and O–H groups in total. The zero-order chi connectivity index (χ0) is 20.1. The fourth-order valence-electron chi connectivity index (χ4n) is 3.13. The Bertz CT molecular complexity index is 1110. The predicted octanol–water partition coefficient (Wildman–Crippen LogP) is 4.15. The highest BCUT2D eigenvalue weighted by Gasteiger charge is 2.07. The number of nitrogen functional groups attached to an aromatic ring is 1. The number of pyridine rings is 1. The van der Waals surface area contributed by atoms with E-state index in [9.17, 15) is 0 Å². The lowest BCUT2D eigenvalue weighted by Gasteiger charge is -2.13. The van der Waals surface area contributed by atoms with Crippen molar-refractivity contribution >= 4 is 22.4 Å². The predicted molar refractivity (Wildman–Crippen MR) is 116 cm³/mol. The minimum atomic E-state index is 0.494. The van der Waals surface area contributed by atoms with Crippen molar-refractivity contribution in [3.8, 4) is 5.75 Å². The number of nitrogens with one attached hydrogen (secondary N) is 1. The lowest BCUT2D eigenvalue weighted by Crippen LogP contribution is -2.08. The minimum Gasteiger partial charge on any atom is -0.489 e. The molecule has 4 aromatic rings. The second kappa shape index (κ2) is 8.56. The number of rotatable bonds is 7. The number of nitrogens with zero attached hydrogens (tertiary/aromatic N) is 3. The minimum absolute atomic E-state index is 0.494. The van der Waals surface area contributed by atoms with Gasteiger partial charge in [0.15, 0.2) is 0 Å². The molecule has 6 heteroatoms. The normalized spacial score (nSPS) is 10.8. The van der Waals surface area contributed by atoms with Gasteiger partial charge in [-0.2, -0.15) is 0 Å². The van der Waals surface area contributed by atoms with Crippen molar-refractivity contribution < 1.29 is 4.74 Å². The Morgan fingerprint density at radius 1 is 1.00 bits per heavy atom. The summed E-state index contributed by atoms with van der Waals surface area (Å²) in [6.45, 7) is 3.18. The van der Waals surface area contributed by atoms with Crippen LogP contribution >= 0.6 is 0 Å². The van der Waals surface area contributed by atoms with Crippen LogP contribution in [0.25, 0.3) is 10.9 Å². The smallest absolute Gasteiger partial charge is 0.137 e. The van der Waals surface area contributed by atoms with E-state index in [0.29, 0.717) is 18.8 Å². The second-order valence-corrected chi connectivity index (χ2v) is 6.88. The summed E-state index contributed by atoms with van der Waals surface area (Å²) >= 11 is 0. The Morgan fingerprint density at radius 2 is 1.90 bits per heavy atom. The van der Waals surface area contributed by atoms with Crippen molar-refractivity contribution in [1.82, 2.24) is 15.0 Å². The van der Waals surface area contributed by atoms with Crippen molar-refractivity contribution in [2.24, 2.45) is 0 Å². The van der Waals surface area contributed by atoms with Gasteiger partial charge in [0.25, 0.3) is 0 Å². The SMILES string of the molecule is Cc1ccc(COc2ccccc2CCNc2ncnc3ccc(N)cc23)cn1. The van der Waals surface area contributed by atoms with E-state index in [-0.39, 0.29) is 0 Å². The third-order valence-corrected chi connectivity index (χ3v) is 4.69. The van der Waals surface area contributed by atoms with E-state index in [2.05, 4.69) is 26.3 Å². The summed E-state index contributed by atoms with van der Waals surface area (Å²) in [5.74, 6) is 1.66. The van der Waals surface area contributed by atoms with Gasteiger partial charge in [-0.1, -0.05) is 24.3 Å². The van der Waals surface area contributed by atoms with E-state index >= 15 is 0 Å². The molecule has 0 spiro atoms. The van der Waals surface area contributed by atoms with Crippen LogP contribution in [0, 0.1) is 6.92 Å². The van der Waals surface area contributed by atoms with Crippen LogP contribution in [0.1, 0.15) is 16.8 Å². The molecule has 0 bridgehead atoms. The second-order valence-electron chi connectivity index (χ2n) is 6.88. The Hall–Kier alpha value is -3.67. The van der Waals surface area contributed by atoms with Gasteiger partial charge < -0.3 is 15.8 Å². The molecule has 0 saturated carbocycles. The lowest BCUT2D eigenvalue weighted by atomic mass is 10.1. The third kappa shape index (κ3) is 4.60. The van der Waals surface area contributed by atoms with Gasteiger partial charge in [0.1, 0.15) is 24.5 Å². The topological polar surface area (TPSA) is 86.0 Å². The van der Waals surface area contributed by atoms with E-state index in [1.807, 2.05) is 61.7 Å². The lowest BCUT2D eigenvalue weighted by molar-refractivity contribution is 0.302. The molecule has 146 valence electrons. The molecule has 0 aliphatic carbocycles. The van der Waals surface area contributed by atoms with E-state index < -0.39 is 0 Å². The number of para-hydroxylation sites is 1. The number of benzene rings is 2. The van der Waals surface area contributed by atoms with Gasteiger partial charge in [-0.25, -0.2) is 9.97 Å². The summed E-state index contributed by atoms with van der Waals surface area (Å²) in [4.78, 5) is 13.0. The first-order valence-corrected chi connectivity index (χ1v) is 9.55. The maximum absolute atomic E-state index is 6.04. The van der Waals surface area contributed by atoms with Gasteiger partial charge in [0.05, 0.1) is 5.52 Å². The largest absolute Gasteiger partial charge is 0.489 e. The number of ether oxygens (including phenoxy) is 1. The quantitative estimate of drug-likeness (QED) is 0.465. The molecule has 0 saturated heterocycles. The summed E-state index contributed by atoms with van der Waals surface area (Å²) in [7, 11) is 0. The number of hydrogen-bond donors (Lipinski definition) is 2. The summed E-state index contributed by atoms with van der Waals surface area (Å²) in [6.07, 6.45) is 4.22. The first-order valence-electron chi connectivity index (χ1n) is 9.55. The summed E-state index contributed by atoms with van der Waals surface area (Å²) in [5.41, 5.74) is 10.7. The molecular formula is C23H23N5O. The van der Waals surface area contributed by atoms with Gasteiger partial charge in [-0.15, -0.1) is 0 Å². The highest BCUT2D eigenvalue weighted by molar-refractivity contribution is 5.91. The van der Waals surface area contributed by atoms with E-state index in [1.165, 1.54) is 0 Å². The van der Waals surface area contributed by atoms with Crippen LogP contribution in [-0.4, -0.2) is 21.5 Å². The zero-order valence-corrected chi connectivity index (χ0v) is 16.3. The molecular weight excluding hydrogens is 362 g/mol. The first-order chi connectivity index (χ1) is 14.2. The Kier molecular flexibility index (Phi) is 5.52. The van der Waals surface area contributed by atoms with Crippen molar-refractivity contribution in [3.63, 3.8) is 0 Å². The Labute approximate surface area is 169 Å². The van der Waals surface area contributed by atoms with Gasteiger partial charge in [-0.3, -0.25) is 4.98 Å². The molecule has 0 atom stereocenters. The molecule has 2 aromatic heterocycles. The van der Waals surface area contributed by atoms with Crippen LogP contribution in [0.4, 0.5) is 11.5 Å². The van der Waals surface area contributed by atoms with Gasteiger partial charge in [0.2, 0.25) is 0 Å². The third-order valence-electron chi connectivity index (χ3n) is 4.69. The Balaban J connectivity index is 1.42. The summed E-state index contributed by atoms with van der Waals surface area (Å²) < 4.78 is 6.04. The molecule has 0 radical (unpaired) electrons. The maximum Gasteiger partial charge on any atom is 0.137 e. The zero-order valence-electron chi connectivity index (χ0n) is 16.3. The number of aromatic nitrogens is 3. The van der Waals surface area contributed by atoms with E-state index in [4.69, 9.17) is 10.5 Å². The first kappa shape index (κ1) is 18.7. The molecule has 2 heterocycles. The number of aryl methyl sites for hydroxylation is 1. The number of nitrogens with two attached hydrogens (primary N) is 1. The van der Waals surface area contributed by atoms with Crippen LogP contribution in [0.5, 0.6) is 5.75 Å². The molecule has 0 unspecified atom stereocenters. The van der Waals surface area contributed by atoms with Crippen LogP contribution < -0.4 is 15.8 Å². The van der Waals surface area contributed by atoms with Crippen molar-refractivity contribution in [3.05, 3.63) is 83.9 Å². The molecule has 6 nitrogen and oxygen atoms in total. The summed E-state index contributed by atoms with van der Waals surface area (Å²) in [6, 6.07) is 17.8. The number of fused-ring (bicyclic) bond motifs is 1. The maximum atomic E-state index is 6.04. The highest BCUT2D eigenvalue weighted by Crippen LogP contribution is 2.23.